The first-order valence-electron chi connectivity index (χ1n) is 4.35. The van der Waals surface area contributed by atoms with Gasteiger partial charge >= 0.3 is 0 Å². The summed E-state index contributed by atoms with van der Waals surface area (Å²) in [5, 5.41) is 12.7. The summed E-state index contributed by atoms with van der Waals surface area (Å²) in [5.74, 6) is 0. The van der Waals surface area contributed by atoms with Crippen molar-refractivity contribution in [1.82, 2.24) is 0 Å². The Labute approximate surface area is 78.6 Å². The van der Waals surface area contributed by atoms with Gasteiger partial charge in [0.25, 0.3) is 0 Å². The van der Waals surface area contributed by atoms with Crippen molar-refractivity contribution >= 4 is 5.69 Å². The number of anilines is 1. The van der Waals surface area contributed by atoms with Gasteiger partial charge in [-0.1, -0.05) is 18.2 Å². The number of hydrogen-bond acceptors (Lipinski definition) is 3. The van der Waals surface area contributed by atoms with Crippen LogP contribution < -0.4 is 11.1 Å². The van der Waals surface area contributed by atoms with Crippen LogP contribution in [0, 0.1) is 0 Å². The zero-order valence-corrected chi connectivity index (χ0v) is 7.83. The Kier molecular flexibility index (Phi) is 3.28. The average molecular weight is 180 g/mol. The predicted octanol–water partition coefficient (Wildman–Crippen LogP) is 0.808. The quantitative estimate of drug-likeness (QED) is 0.642. The fraction of sp³-hybridized carbons (Fsp3) is 0.400. The minimum atomic E-state index is -0.837. The van der Waals surface area contributed by atoms with Gasteiger partial charge in [0.15, 0.2) is 0 Å². The fourth-order valence-corrected chi connectivity index (χ4v) is 0.921. The molecule has 0 amide bonds. The van der Waals surface area contributed by atoms with E-state index in [4.69, 9.17) is 5.73 Å². The maximum Gasteiger partial charge on any atom is 0.0912 e. The minimum Gasteiger partial charge on any atom is -0.387 e. The van der Waals surface area contributed by atoms with E-state index in [9.17, 15) is 5.11 Å². The standard InChI is InChI=1S/C10H16N2O/c1-10(13,7-11)8-12-9-5-3-2-4-6-9/h2-6,12-13H,7-8,11H2,1H3. The Morgan fingerprint density at radius 1 is 1.38 bits per heavy atom. The summed E-state index contributed by atoms with van der Waals surface area (Å²) in [6.07, 6.45) is 0. The SMILES string of the molecule is CC(O)(CN)CNc1ccccc1. The number of nitrogens with two attached hydrogens (primary N) is 1. The molecular weight excluding hydrogens is 164 g/mol. The summed E-state index contributed by atoms with van der Waals surface area (Å²) in [6, 6.07) is 9.74. The van der Waals surface area contributed by atoms with Crippen molar-refractivity contribution in [2.75, 3.05) is 18.4 Å². The highest BCUT2D eigenvalue weighted by Crippen LogP contribution is 2.07. The molecule has 0 aliphatic heterocycles. The molecule has 1 unspecified atom stereocenters. The molecule has 0 spiro atoms. The molecule has 0 aromatic heterocycles. The molecule has 1 aromatic rings. The molecule has 72 valence electrons. The van der Waals surface area contributed by atoms with Crippen molar-refractivity contribution in [3.63, 3.8) is 0 Å². The second kappa shape index (κ2) is 4.25. The third kappa shape index (κ3) is 3.44. The van der Waals surface area contributed by atoms with Crippen LogP contribution in [0.1, 0.15) is 6.92 Å². The second-order valence-electron chi connectivity index (χ2n) is 3.42. The van der Waals surface area contributed by atoms with Crippen LogP contribution in [0.4, 0.5) is 5.69 Å². The Hall–Kier alpha value is -1.06. The zero-order valence-electron chi connectivity index (χ0n) is 7.83. The third-order valence-corrected chi connectivity index (χ3v) is 1.89. The normalized spacial score (nSPS) is 15.0. The number of para-hydroxylation sites is 1. The van der Waals surface area contributed by atoms with Crippen LogP contribution in [0.2, 0.25) is 0 Å². The van der Waals surface area contributed by atoms with E-state index in [1.165, 1.54) is 0 Å². The van der Waals surface area contributed by atoms with E-state index >= 15 is 0 Å². The van der Waals surface area contributed by atoms with Gasteiger partial charge in [-0.15, -0.1) is 0 Å². The molecule has 3 nitrogen and oxygen atoms in total. The summed E-state index contributed by atoms with van der Waals surface area (Å²) in [7, 11) is 0. The van der Waals surface area contributed by atoms with Crippen molar-refractivity contribution < 1.29 is 5.11 Å². The summed E-state index contributed by atoms with van der Waals surface area (Å²) >= 11 is 0. The lowest BCUT2D eigenvalue weighted by atomic mass is 10.1. The second-order valence-corrected chi connectivity index (χ2v) is 3.42. The van der Waals surface area contributed by atoms with Crippen molar-refractivity contribution in [3.05, 3.63) is 30.3 Å². The molecule has 1 aromatic carbocycles. The minimum absolute atomic E-state index is 0.257. The number of hydrogen-bond donors (Lipinski definition) is 3. The van der Waals surface area contributed by atoms with E-state index in [0.717, 1.165) is 5.69 Å². The largest absolute Gasteiger partial charge is 0.387 e. The molecule has 1 rings (SSSR count). The molecule has 0 aliphatic rings. The first kappa shape index (κ1) is 10.0. The van der Waals surface area contributed by atoms with Crippen molar-refractivity contribution in [2.45, 2.75) is 12.5 Å². The summed E-state index contributed by atoms with van der Waals surface area (Å²) in [4.78, 5) is 0. The summed E-state index contributed by atoms with van der Waals surface area (Å²) in [6.45, 7) is 2.43. The third-order valence-electron chi connectivity index (χ3n) is 1.89. The molecule has 1 atom stereocenters. The van der Waals surface area contributed by atoms with Gasteiger partial charge in [-0.2, -0.15) is 0 Å². The Bertz CT molecular complexity index is 246. The lowest BCUT2D eigenvalue weighted by Crippen LogP contribution is -2.40. The molecule has 0 heterocycles. The number of nitrogens with one attached hydrogen (secondary N) is 1. The summed E-state index contributed by atoms with van der Waals surface area (Å²) < 4.78 is 0. The van der Waals surface area contributed by atoms with Crippen molar-refractivity contribution in [3.8, 4) is 0 Å². The first-order chi connectivity index (χ1) is 6.14. The van der Waals surface area contributed by atoms with Crippen LogP contribution in [-0.2, 0) is 0 Å². The monoisotopic (exact) mass is 180 g/mol. The molecule has 0 aliphatic carbocycles. The molecule has 4 N–H and O–H groups in total. The molecule has 0 bridgehead atoms. The molecule has 0 saturated carbocycles. The average Bonchev–Trinajstić information content (AvgIpc) is 2.17. The highest BCUT2D eigenvalue weighted by atomic mass is 16.3. The van der Waals surface area contributed by atoms with Crippen LogP contribution in [0.25, 0.3) is 0 Å². The lowest BCUT2D eigenvalue weighted by Gasteiger charge is -2.21. The van der Waals surface area contributed by atoms with E-state index in [0.29, 0.717) is 6.54 Å². The fourth-order valence-electron chi connectivity index (χ4n) is 0.921. The molecule has 13 heavy (non-hydrogen) atoms. The van der Waals surface area contributed by atoms with Gasteiger partial charge in [0.05, 0.1) is 5.60 Å². The van der Waals surface area contributed by atoms with Gasteiger partial charge in [0.1, 0.15) is 0 Å². The maximum atomic E-state index is 9.60. The van der Waals surface area contributed by atoms with Crippen molar-refractivity contribution in [1.29, 1.82) is 0 Å². The highest BCUT2D eigenvalue weighted by Gasteiger charge is 2.16. The summed E-state index contributed by atoms with van der Waals surface area (Å²) in [5.41, 5.74) is 5.54. The van der Waals surface area contributed by atoms with Gasteiger partial charge in [0.2, 0.25) is 0 Å². The predicted molar refractivity (Wildman–Crippen MR) is 54.6 cm³/mol. The Morgan fingerprint density at radius 2 is 2.00 bits per heavy atom. The van der Waals surface area contributed by atoms with Crippen LogP contribution in [0.15, 0.2) is 30.3 Å². The maximum absolute atomic E-state index is 9.60. The van der Waals surface area contributed by atoms with Gasteiger partial charge < -0.3 is 16.2 Å². The van der Waals surface area contributed by atoms with E-state index in [-0.39, 0.29) is 6.54 Å². The van der Waals surface area contributed by atoms with Crippen LogP contribution in [0.5, 0.6) is 0 Å². The number of aliphatic hydroxyl groups is 1. The van der Waals surface area contributed by atoms with Crippen LogP contribution >= 0.6 is 0 Å². The molecular formula is C10H16N2O. The van der Waals surface area contributed by atoms with Gasteiger partial charge in [-0.25, -0.2) is 0 Å². The number of rotatable bonds is 4. The van der Waals surface area contributed by atoms with E-state index < -0.39 is 5.60 Å². The Morgan fingerprint density at radius 3 is 2.54 bits per heavy atom. The van der Waals surface area contributed by atoms with Gasteiger partial charge in [-0.3, -0.25) is 0 Å². The number of benzene rings is 1. The van der Waals surface area contributed by atoms with Crippen molar-refractivity contribution in [2.24, 2.45) is 5.73 Å². The van der Waals surface area contributed by atoms with E-state index in [1.807, 2.05) is 30.3 Å². The Balaban J connectivity index is 2.44. The molecule has 0 radical (unpaired) electrons. The van der Waals surface area contributed by atoms with Crippen LogP contribution in [0.3, 0.4) is 0 Å². The van der Waals surface area contributed by atoms with E-state index in [2.05, 4.69) is 5.32 Å². The highest BCUT2D eigenvalue weighted by molar-refractivity contribution is 5.42. The molecule has 3 heteroatoms. The first-order valence-corrected chi connectivity index (χ1v) is 4.35. The molecule has 0 saturated heterocycles. The lowest BCUT2D eigenvalue weighted by molar-refractivity contribution is 0.0830. The smallest absolute Gasteiger partial charge is 0.0912 e. The van der Waals surface area contributed by atoms with Gasteiger partial charge in [-0.05, 0) is 19.1 Å². The van der Waals surface area contributed by atoms with Gasteiger partial charge in [0, 0.05) is 18.8 Å². The molecule has 0 fully saturated rings. The zero-order chi connectivity index (χ0) is 9.73. The topological polar surface area (TPSA) is 58.3 Å². The van der Waals surface area contributed by atoms with E-state index in [1.54, 1.807) is 6.92 Å². The van der Waals surface area contributed by atoms with Crippen LogP contribution in [-0.4, -0.2) is 23.8 Å².